The van der Waals surface area contributed by atoms with Gasteiger partial charge in [0.2, 0.25) is 0 Å². The van der Waals surface area contributed by atoms with Crippen molar-refractivity contribution in [3.63, 3.8) is 0 Å². The third-order valence-electron chi connectivity index (χ3n) is 2.11. The molecule has 2 aromatic carbocycles. The van der Waals surface area contributed by atoms with E-state index < -0.39 is 0 Å². The molecule has 2 rings (SSSR count). The fourth-order valence-electron chi connectivity index (χ4n) is 1.50. The molecule has 0 aliphatic carbocycles. The van der Waals surface area contributed by atoms with E-state index >= 15 is 0 Å². The Morgan fingerprint density at radius 3 is 2.40 bits per heavy atom. The monoisotopic (exact) mass is 206 g/mol. The number of halogens is 1. The van der Waals surface area contributed by atoms with Crippen molar-refractivity contribution in [3.05, 3.63) is 41.7 Å². The van der Waals surface area contributed by atoms with Crippen LogP contribution in [0.15, 0.2) is 30.3 Å². The molecule has 0 amide bonds. The minimum atomic E-state index is -0.249. The van der Waals surface area contributed by atoms with Crippen molar-refractivity contribution in [1.82, 2.24) is 0 Å². The molecule has 0 heterocycles. The minimum absolute atomic E-state index is 0.219. The van der Waals surface area contributed by atoms with Crippen molar-refractivity contribution < 1.29 is 9.50 Å². The van der Waals surface area contributed by atoms with Gasteiger partial charge in [-0.2, -0.15) is 0 Å². The van der Waals surface area contributed by atoms with Crippen LogP contribution in [0.4, 0.5) is 4.39 Å². The number of hydrogen-bond donors (Lipinski definition) is 1. The summed E-state index contributed by atoms with van der Waals surface area (Å²) >= 11 is 0. The number of rotatable bonds is 0. The molecule has 2 heteroatoms. The third kappa shape index (κ3) is 2.46. The van der Waals surface area contributed by atoms with Gasteiger partial charge in [-0.05, 0) is 47.5 Å². The molecule has 0 unspecified atom stereocenters. The van der Waals surface area contributed by atoms with Gasteiger partial charge in [0.05, 0.1) is 0 Å². The highest BCUT2D eigenvalue weighted by Gasteiger charge is 2.00. The predicted molar refractivity (Wildman–Crippen MR) is 61.7 cm³/mol. The molecule has 80 valence electrons. The highest BCUT2D eigenvalue weighted by molar-refractivity contribution is 5.86. The zero-order chi connectivity index (χ0) is 11.4. The molecule has 0 aromatic heterocycles. The summed E-state index contributed by atoms with van der Waals surface area (Å²) in [5.74, 6) is -0.0297. The van der Waals surface area contributed by atoms with Crippen molar-refractivity contribution in [1.29, 1.82) is 0 Å². The van der Waals surface area contributed by atoms with E-state index in [0.29, 0.717) is 0 Å². The topological polar surface area (TPSA) is 20.2 Å². The molecular weight excluding hydrogens is 191 g/mol. The number of aromatic hydroxyl groups is 1. The van der Waals surface area contributed by atoms with Gasteiger partial charge in [0, 0.05) is 0 Å². The fourth-order valence-corrected chi connectivity index (χ4v) is 1.50. The van der Waals surface area contributed by atoms with Gasteiger partial charge in [-0.25, -0.2) is 4.39 Å². The summed E-state index contributed by atoms with van der Waals surface area (Å²) in [5.41, 5.74) is 0.884. The van der Waals surface area contributed by atoms with Crippen molar-refractivity contribution in [2.24, 2.45) is 0 Å². The summed E-state index contributed by atoms with van der Waals surface area (Å²) in [6.45, 7) is 5.85. The van der Waals surface area contributed by atoms with Gasteiger partial charge in [0.15, 0.2) is 0 Å². The van der Waals surface area contributed by atoms with E-state index in [4.69, 9.17) is 0 Å². The molecule has 0 aliphatic heterocycles. The first kappa shape index (κ1) is 11.5. The van der Waals surface area contributed by atoms with E-state index in [0.717, 1.165) is 16.3 Å². The van der Waals surface area contributed by atoms with Gasteiger partial charge in [-0.3, -0.25) is 0 Å². The second-order valence-electron chi connectivity index (χ2n) is 3.13. The second-order valence-corrected chi connectivity index (χ2v) is 3.13. The molecule has 0 saturated carbocycles. The Morgan fingerprint density at radius 1 is 1.07 bits per heavy atom. The number of hydrogen-bond acceptors (Lipinski definition) is 1. The molecule has 0 bridgehead atoms. The molecular formula is C13H15FO. The molecule has 2 aromatic rings. The first-order chi connectivity index (χ1) is 7.16. The molecule has 0 radical (unpaired) electrons. The maximum Gasteiger partial charge on any atom is 0.123 e. The standard InChI is InChI=1S/C11H9FO.C2H6/c1-7-4-10(13)5-8-2-3-9(12)6-11(7)8;1-2/h2-6,13H,1H3;1-2H3. The van der Waals surface area contributed by atoms with Crippen LogP contribution in [0.3, 0.4) is 0 Å². The minimum Gasteiger partial charge on any atom is -0.508 e. The van der Waals surface area contributed by atoms with Crippen LogP contribution in [0.2, 0.25) is 0 Å². The smallest absolute Gasteiger partial charge is 0.123 e. The SMILES string of the molecule is CC.Cc1cc(O)cc2ccc(F)cc12. The third-order valence-corrected chi connectivity index (χ3v) is 2.11. The van der Waals surface area contributed by atoms with E-state index in [1.165, 1.54) is 12.1 Å². The lowest BCUT2D eigenvalue weighted by atomic mass is 10.1. The van der Waals surface area contributed by atoms with Crippen LogP contribution in [0.1, 0.15) is 19.4 Å². The van der Waals surface area contributed by atoms with Crippen LogP contribution < -0.4 is 0 Å². The van der Waals surface area contributed by atoms with E-state index in [1.807, 2.05) is 20.8 Å². The Balaban J connectivity index is 0.000000531. The lowest BCUT2D eigenvalue weighted by molar-refractivity contribution is 0.476. The van der Waals surface area contributed by atoms with Crippen LogP contribution in [0.5, 0.6) is 5.75 Å². The van der Waals surface area contributed by atoms with Gasteiger partial charge in [0.1, 0.15) is 11.6 Å². The molecule has 1 N–H and O–H groups in total. The highest BCUT2D eigenvalue weighted by Crippen LogP contribution is 2.24. The maximum absolute atomic E-state index is 12.9. The number of benzene rings is 2. The van der Waals surface area contributed by atoms with Gasteiger partial charge in [-0.1, -0.05) is 19.9 Å². The average Bonchev–Trinajstić information content (AvgIpc) is 2.22. The van der Waals surface area contributed by atoms with Gasteiger partial charge in [0.25, 0.3) is 0 Å². The Kier molecular flexibility index (Phi) is 3.67. The van der Waals surface area contributed by atoms with Crippen LogP contribution in [-0.4, -0.2) is 5.11 Å². The summed E-state index contributed by atoms with van der Waals surface area (Å²) in [4.78, 5) is 0. The Hall–Kier alpha value is -1.57. The number of phenolic OH excluding ortho intramolecular Hbond substituents is 1. The first-order valence-corrected chi connectivity index (χ1v) is 5.06. The lowest BCUT2D eigenvalue weighted by Crippen LogP contribution is -1.80. The summed E-state index contributed by atoms with van der Waals surface area (Å²) in [5, 5.41) is 11.0. The van der Waals surface area contributed by atoms with Crippen LogP contribution >= 0.6 is 0 Å². The highest BCUT2D eigenvalue weighted by atomic mass is 19.1. The summed E-state index contributed by atoms with van der Waals surface area (Å²) in [7, 11) is 0. The van der Waals surface area contributed by atoms with Gasteiger partial charge in [-0.15, -0.1) is 0 Å². The molecule has 0 atom stereocenters. The molecule has 0 aliphatic rings. The first-order valence-electron chi connectivity index (χ1n) is 5.06. The summed E-state index contributed by atoms with van der Waals surface area (Å²) < 4.78 is 12.9. The molecule has 15 heavy (non-hydrogen) atoms. The quantitative estimate of drug-likeness (QED) is 0.690. The van der Waals surface area contributed by atoms with Crippen LogP contribution in [0.25, 0.3) is 10.8 Å². The lowest BCUT2D eigenvalue weighted by Gasteiger charge is -2.02. The van der Waals surface area contributed by atoms with E-state index in [-0.39, 0.29) is 11.6 Å². The predicted octanol–water partition coefficient (Wildman–Crippen LogP) is 4.02. The number of fused-ring (bicyclic) bond motifs is 1. The second kappa shape index (κ2) is 4.78. The Bertz CT molecular complexity index is 463. The molecule has 0 fully saturated rings. The maximum atomic E-state index is 12.9. The number of aryl methyl sites for hydroxylation is 1. The van der Waals surface area contributed by atoms with E-state index in [1.54, 1.807) is 18.2 Å². The average molecular weight is 206 g/mol. The van der Waals surface area contributed by atoms with Crippen molar-refractivity contribution in [3.8, 4) is 5.75 Å². The van der Waals surface area contributed by atoms with Crippen molar-refractivity contribution >= 4 is 10.8 Å². The molecule has 1 nitrogen and oxygen atoms in total. The van der Waals surface area contributed by atoms with E-state index in [2.05, 4.69) is 0 Å². The van der Waals surface area contributed by atoms with Gasteiger partial charge >= 0.3 is 0 Å². The summed E-state index contributed by atoms with van der Waals surface area (Å²) in [6, 6.07) is 7.78. The van der Waals surface area contributed by atoms with Gasteiger partial charge < -0.3 is 5.11 Å². The number of phenols is 1. The zero-order valence-electron chi connectivity index (χ0n) is 9.21. The molecule has 0 saturated heterocycles. The van der Waals surface area contributed by atoms with Crippen LogP contribution in [0, 0.1) is 12.7 Å². The molecule has 0 spiro atoms. The Labute approximate surface area is 89.2 Å². The van der Waals surface area contributed by atoms with Crippen molar-refractivity contribution in [2.45, 2.75) is 20.8 Å². The zero-order valence-corrected chi connectivity index (χ0v) is 9.21. The van der Waals surface area contributed by atoms with E-state index in [9.17, 15) is 9.50 Å². The van der Waals surface area contributed by atoms with Crippen molar-refractivity contribution in [2.75, 3.05) is 0 Å². The summed E-state index contributed by atoms with van der Waals surface area (Å²) in [6.07, 6.45) is 0. The fraction of sp³-hybridized carbons (Fsp3) is 0.231. The normalized spacial score (nSPS) is 9.60. The largest absolute Gasteiger partial charge is 0.508 e. The Morgan fingerprint density at radius 2 is 1.73 bits per heavy atom. The van der Waals surface area contributed by atoms with Crippen LogP contribution in [-0.2, 0) is 0 Å².